The predicted molar refractivity (Wildman–Crippen MR) is 74.4 cm³/mol. The van der Waals surface area contributed by atoms with Crippen molar-refractivity contribution in [3.05, 3.63) is 42.0 Å². The molecule has 0 saturated heterocycles. The molecule has 1 aromatic carbocycles. The lowest BCUT2D eigenvalue weighted by atomic mass is 10.0. The summed E-state index contributed by atoms with van der Waals surface area (Å²) in [7, 11) is 0. The van der Waals surface area contributed by atoms with E-state index in [1.165, 1.54) is 6.92 Å². The van der Waals surface area contributed by atoms with Gasteiger partial charge in [-0.2, -0.15) is 0 Å². The molecule has 0 spiro atoms. The van der Waals surface area contributed by atoms with Crippen LogP contribution in [0.5, 0.6) is 0 Å². The highest BCUT2D eigenvalue weighted by Crippen LogP contribution is 2.19. The normalized spacial score (nSPS) is 11.2. The summed E-state index contributed by atoms with van der Waals surface area (Å²) in [6.07, 6.45) is 0.777. The maximum Gasteiger partial charge on any atom is 0.221 e. The van der Waals surface area contributed by atoms with Crippen molar-refractivity contribution in [1.82, 2.24) is 0 Å². The van der Waals surface area contributed by atoms with Gasteiger partial charge in [0.2, 0.25) is 5.91 Å². The van der Waals surface area contributed by atoms with Gasteiger partial charge in [0, 0.05) is 18.7 Å². The van der Waals surface area contributed by atoms with Crippen molar-refractivity contribution in [2.75, 3.05) is 5.32 Å². The molecule has 94 valence electrons. The van der Waals surface area contributed by atoms with Gasteiger partial charge in [0.15, 0.2) is 0 Å². The Balaban J connectivity index is 0.00000256. The molecule has 0 aliphatic rings. The number of hydrogen-bond donors (Lipinski definition) is 2. The first-order valence-corrected chi connectivity index (χ1v) is 5.26. The first kappa shape index (κ1) is 15.7. The van der Waals surface area contributed by atoms with E-state index in [1.807, 2.05) is 31.2 Å². The van der Waals surface area contributed by atoms with Gasteiger partial charge in [-0.25, -0.2) is 0 Å². The molecular weight excluding hydrogens is 236 g/mol. The highest BCUT2D eigenvalue weighted by Gasteiger charge is 2.05. The second-order valence-electron chi connectivity index (χ2n) is 4.07. The zero-order chi connectivity index (χ0) is 12.1. The Morgan fingerprint density at radius 3 is 2.29 bits per heavy atom. The molecule has 0 aliphatic heterocycles. The molecule has 3 N–H and O–H groups in total. The fourth-order valence-corrected chi connectivity index (χ4v) is 1.51. The predicted octanol–water partition coefficient (Wildman–Crippen LogP) is 3.03. The van der Waals surface area contributed by atoms with Crippen LogP contribution in [0.1, 0.15) is 31.9 Å². The smallest absolute Gasteiger partial charge is 0.221 e. The summed E-state index contributed by atoms with van der Waals surface area (Å²) >= 11 is 0. The van der Waals surface area contributed by atoms with Gasteiger partial charge in [-0.3, -0.25) is 4.79 Å². The van der Waals surface area contributed by atoms with E-state index < -0.39 is 0 Å². The topological polar surface area (TPSA) is 55.1 Å². The van der Waals surface area contributed by atoms with E-state index in [4.69, 9.17) is 5.73 Å². The highest BCUT2D eigenvalue weighted by molar-refractivity contribution is 5.88. The molecule has 4 heteroatoms. The maximum atomic E-state index is 10.8. The van der Waals surface area contributed by atoms with Crippen molar-refractivity contribution in [3.63, 3.8) is 0 Å². The van der Waals surface area contributed by atoms with Crippen LogP contribution in [0.4, 0.5) is 5.69 Å². The summed E-state index contributed by atoms with van der Waals surface area (Å²) in [4.78, 5) is 10.8. The van der Waals surface area contributed by atoms with Gasteiger partial charge < -0.3 is 11.1 Å². The van der Waals surface area contributed by atoms with Crippen LogP contribution in [0.25, 0.3) is 0 Å². The first-order valence-electron chi connectivity index (χ1n) is 5.26. The van der Waals surface area contributed by atoms with E-state index >= 15 is 0 Å². The van der Waals surface area contributed by atoms with Crippen molar-refractivity contribution in [2.45, 2.75) is 26.3 Å². The quantitative estimate of drug-likeness (QED) is 0.812. The number of carbonyl (C=O) groups is 1. The molecule has 0 fully saturated rings. The van der Waals surface area contributed by atoms with E-state index in [1.54, 1.807) is 0 Å². The summed E-state index contributed by atoms with van der Waals surface area (Å²) in [5, 5.41) is 2.71. The Hall–Kier alpha value is -1.32. The zero-order valence-corrected chi connectivity index (χ0v) is 11.0. The van der Waals surface area contributed by atoms with Crippen LogP contribution in [0.3, 0.4) is 0 Å². The monoisotopic (exact) mass is 254 g/mol. The molecule has 17 heavy (non-hydrogen) atoms. The minimum Gasteiger partial charge on any atom is -0.326 e. The van der Waals surface area contributed by atoms with Gasteiger partial charge >= 0.3 is 0 Å². The average Bonchev–Trinajstić information content (AvgIpc) is 2.16. The fourth-order valence-electron chi connectivity index (χ4n) is 1.51. The zero-order valence-electron chi connectivity index (χ0n) is 10.2. The minimum absolute atomic E-state index is 0. The number of carbonyl (C=O) groups excluding carboxylic acids is 1. The number of amides is 1. The van der Waals surface area contributed by atoms with Crippen molar-refractivity contribution in [1.29, 1.82) is 0 Å². The third-order valence-electron chi connectivity index (χ3n) is 2.23. The van der Waals surface area contributed by atoms with E-state index in [2.05, 4.69) is 11.9 Å². The van der Waals surface area contributed by atoms with Crippen LogP contribution in [0, 0.1) is 0 Å². The van der Waals surface area contributed by atoms with Crippen LogP contribution in [-0.4, -0.2) is 5.91 Å². The van der Waals surface area contributed by atoms with Crippen LogP contribution < -0.4 is 11.1 Å². The van der Waals surface area contributed by atoms with Gasteiger partial charge in [0.05, 0.1) is 0 Å². The summed E-state index contributed by atoms with van der Waals surface area (Å²) in [5.74, 6) is -0.0704. The number of nitrogens with one attached hydrogen (secondary N) is 1. The molecule has 0 bridgehead atoms. The Labute approximate surface area is 109 Å². The summed E-state index contributed by atoms with van der Waals surface area (Å²) in [5.41, 5.74) is 8.91. The number of rotatable bonds is 4. The van der Waals surface area contributed by atoms with Crippen LogP contribution >= 0.6 is 12.4 Å². The molecule has 1 aromatic rings. The van der Waals surface area contributed by atoms with E-state index in [0.717, 1.165) is 23.2 Å². The second-order valence-corrected chi connectivity index (χ2v) is 4.07. The van der Waals surface area contributed by atoms with Gasteiger partial charge in [0.1, 0.15) is 0 Å². The lowest BCUT2D eigenvalue weighted by molar-refractivity contribution is -0.114. The average molecular weight is 255 g/mol. The standard InChI is InChI=1S/C13H18N2O.ClH/c1-9(2)8-13(14)11-4-6-12(7-5-11)15-10(3)16;/h4-7,13H,1,8,14H2,2-3H3,(H,15,16);1H/t13-;/m0./s1. The van der Waals surface area contributed by atoms with Crippen molar-refractivity contribution in [3.8, 4) is 0 Å². The lowest BCUT2D eigenvalue weighted by Crippen LogP contribution is -2.11. The first-order chi connectivity index (χ1) is 7.49. The largest absolute Gasteiger partial charge is 0.326 e. The molecule has 0 saturated carbocycles. The number of hydrogen-bond acceptors (Lipinski definition) is 2. The Morgan fingerprint density at radius 2 is 1.88 bits per heavy atom. The van der Waals surface area contributed by atoms with Gasteiger partial charge in [-0.1, -0.05) is 17.7 Å². The molecule has 0 unspecified atom stereocenters. The van der Waals surface area contributed by atoms with Crippen molar-refractivity contribution < 1.29 is 4.79 Å². The third-order valence-corrected chi connectivity index (χ3v) is 2.23. The minimum atomic E-state index is -0.0704. The molecule has 3 nitrogen and oxygen atoms in total. The van der Waals surface area contributed by atoms with E-state index in [9.17, 15) is 4.79 Å². The summed E-state index contributed by atoms with van der Waals surface area (Å²) in [6.45, 7) is 7.29. The third kappa shape index (κ3) is 5.52. The SMILES string of the molecule is C=C(C)C[C@H](N)c1ccc(NC(C)=O)cc1.Cl. The molecule has 1 atom stereocenters. The van der Waals surface area contributed by atoms with Gasteiger partial charge in [-0.05, 0) is 31.0 Å². The van der Waals surface area contributed by atoms with Crippen LogP contribution in [0.15, 0.2) is 36.4 Å². The fraction of sp³-hybridized carbons (Fsp3) is 0.308. The maximum absolute atomic E-state index is 10.8. The Kier molecular flexibility index (Phi) is 6.54. The number of benzene rings is 1. The van der Waals surface area contributed by atoms with Crippen molar-refractivity contribution in [2.24, 2.45) is 5.73 Å². The van der Waals surface area contributed by atoms with Gasteiger partial charge in [-0.15, -0.1) is 19.0 Å². The molecule has 0 heterocycles. The van der Waals surface area contributed by atoms with Crippen molar-refractivity contribution >= 4 is 24.0 Å². The molecule has 0 aliphatic carbocycles. The highest BCUT2D eigenvalue weighted by atomic mass is 35.5. The van der Waals surface area contributed by atoms with Crippen LogP contribution in [0.2, 0.25) is 0 Å². The number of anilines is 1. The molecule has 1 rings (SSSR count). The molecule has 0 radical (unpaired) electrons. The molecular formula is C13H19ClN2O. The second kappa shape index (κ2) is 7.09. The molecule has 0 aromatic heterocycles. The van der Waals surface area contributed by atoms with E-state index in [0.29, 0.717) is 0 Å². The lowest BCUT2D eigenvalue weighted by Gasteiger charge is -2.12. The Bertz CT molecular complexity index is 387. The Morgan fingerprint density at radius 1 is 1.35 bits per heavy atom. The number of nitrogens with two attached hydrogens (primary N) is 1. The van der Waals surface area contributed by atoms with E-state index in [-0.39, 0.29) is 24.4 Å². The summed E-state index contributed by atoms with van der Waals surface area (Å²) in [6, 6.07) is 7.55. The van der Waals surface area contributed by atoms with Crippen LogP contribution in [-0.2, 0) is 4.79 Å². The van der Waals surface area contributed by atoms with Gasteiger partial charge in [0.25, 0.3) is 0 Å². The number of halogens is 1. The summed E-state index contributed by atoms with van der Waals surface area (Å²) < 4.78 is 0. The molecule has 1 amide bonds.